The van der Waals surface area contributed by atoms with E-state index in [0.717, 1.165) is 18.6 Å². The summed E-state index contributed by atoms with van der Waals surface area (Å²) in [6.07, 6.45) is -7.87. The van der Waals surface area contributed by atoms with Gasteiger partial charge in [-0.15, -0.1) is 0 Å². The predicted octanol–water partition coefficient (Wildman–Crippen LogP) is -2.58. The van der Waals surface area contributed by atoms with E-state index < -0.39 is 104 Å². The maximum Gasteiger partial charge on any atom is 0.490 e. The topological polar surface area (TPSA) is 393 Å². The minimum absolute atomic E-state index is 0.0515. The van der Waals surface area contributed by atoms with Gasteiger partial charge < -0.3 is 49.4 Å². The standard InChI is InChI=1S/C19H26N6O21P4/c26-8-3-12(25-7-22-13-16(25)20-6-21-17(13)30)42-9(8)4-40-47(32,33)44-49(36,37)46-50(38,39)45-48(34,35)41-5-10-14(28)15(29)18(43-10)24-2-1-11(27)23-19(24)31/h1-2,6-10,12,14-15,18,26,28-29H,3-5H2,(H,32,33)(H,34,35)(H,36,37)(H,38,39)(H,20,21,30)(H,23,27,31)/t8-,9+,10+,12-,14+,15+,18+/m0/s1. The van der Waals surface area contributed by atoms with Gasteiger partial charge in [-0.25, -0.2) is 33.0 Å². The minimum Gasteiger partial charge on any atom is -0.390 e. The lowest BCUT2D eigenvalue weighted by atomic mass is 10.1. The maximum absolute atomic E-state index is 12.3. The molecule has 3 aromatic rings. The van der Waals surface area contributed by atoms with Crippen LogP contribution in [-0.4, -0.2) is 108 Å². The van der Waals surface area contributed by atoms with Crippen LogP contribution in [-0.2, 0) is 49.7 Å². The van der Waals surface area contributed by atoms with Crippen LogP contribution in [0.5, 0.6) is 0 Å². The van der Waals surface area contributed by atoms with Crippen molar-refractivity contribution in [3.63, 3.8) is 0 Å². The normalized spacial score (nSPS) is 30.4. The number of phosphoric acid groups is 4. The van der Waals surface area contributed by atoms with E-state index in [0.29, 0.717) is 4.57 Å². The van der Waals surface area contributed by atoms with Crippen molar-refractivity contribution in [1.82, 2.24) is 29.1 Å². The number of fused-ring (bicyclic) bond motifs is 1. The Balaban J connectivity index is 1.12. The van der Waals surface area contributed by atoms with Crippen molar-refractivity contribution in [3.8, 4) is 0 Å². The fraction of sp³-hybridized carbons (Fsp3) is 0.526. The second kappa shape index (κ2) is 14.4. The highest BCUT2D eigenvalue weighted by molar-refractivity contribution is 7.69. The molecule has 4 unspecified atom stereocenters. The highest BCUT2D eigenvalue weighted by Crippen LogP contribution is 2.71. The van der Waals surface area contributed by atoms with E-state index in [1.54, 1.807) is 0 Å². The highest BCUT2D eigenvalue weighted by atomic mass is 31.3. The number of hydrogen-bond donors (Lipinski definition) is 9. The zero-order valence-corrected chi connectivity index (χ0v) is 28.0. The molecule has 0 saturated carbocycles. The first-order chi connectivity index (χ1) is 23.2. The quantitative estimate of drug-likeness (QED) is 0.0756. The number of aromatic amines is 2. The molecule has 3 aromatic heterocycles. The van der Waals surface area contributed by atoms with Crippen LogP contribution in [0.25, 0.3) is 11.2 Å². The lowest BCUT2D eigenvalue weighted by Gasteiger charge is -2.21. The molecule has 2 fully saturated rings. The van der Waals surface area contributed by atoms with E-state index in [1.807, 2.05) is 4.98 Å². The first kappa shape index (κ1) is 38.6. The Bertz CT molecular complexity index is 2100. The summed E-state index contributed by atoms with van der Waals surface area (Å²) in [5, 5.41) is 30.7. The van der Waals surface area contributed by atoms with Crippen molar-refractivity contribution in [2.24, 2.45) is 0 Å². The summed E-state index contributed by atoms with van der Waals surface area (Å²) >= 11 is 0. The minimum atomic E-state index is -6.19. The summed E-state index contributed by atoms with van der Waals surface area (Å²) in [5.74, 6) is 0. The molecule has 278 valence electrons. The number of phosphoric ester groups is 2. The Hall–Kier alpha value is -2.61. The number of hydrogen-bond acceptors (Lipinski definition) is 19. The van der Waals surface area contributed by atoms with Gasteiger partial charge in [0.15, 0.2) is 17.4 Å². The molecule has 2 saturated heterocycles. The maximum atomic E-state index is 12.3. The summed E-state index contributed by atoms with van der Waals surface area (Å²) in [7, 11) is -23.8. The number of imidazole rings is 1. The summed E-state index contributed by atoms with van der Waals surface area (Å²) in [5.41, 5.74) is -2.40. The van der Waals surface area contributed by atoms with Gasteiger partial charge in [-0.3, -0.25) is 32.8 Å². The number of H-pyrrole nitrogens is 2. The predicted molar refractivity (Wildman–Crippen MR) is 154 cm³/mol. The monoisotopic (exact) mass is 798 g/mol. The smallest absolute Gasteiger partial charge is 0.390 e. The molecule has 9 N–H and O–H groups in total. The van der Waals surface area contributed by atoms with Gasteiger partial charge in [0.25, 0.3) is 11.1 Å². The zero-order valence-electron chi connectivity index (χ0n) is 24.4. The van der Waals surface area contributed by atoms with Crippen LogP contribution in [0.1, 0.15) is 18.9 Å². The number of aromatic nitrogens is 6. The van der Waals surface area contributed by atoms with Crippen molar-refractivity contribution in [2.45, 2.75) is 49.4 Å². The van der Waals surface area contributed by atoms with Crippen molar-refractivity contribution >= 4 is 42.5 Å². The average molecular weight is 798 g/mol. The SMILES string of the molecule is O=c1ccn([C@@H]2O[C@H](COP(=O)(O)OP(=O)(O)OP(=O)(O)OP(=O)(O)OC[C@H]3O[C@H](n4cnc5c(=O)[nH]cnc54)C[C@@H]3O)[C@@H](O)[C@H]2O)c(=O)[nH]1. The lowest BCUT2D eigenvalue weighted by Crippen LogP contribution is -2.37. The largest absolute Gasteiger partial charge is 0.490 e. The van der Waals surface area contributed by atoms with Gasteiger partial charge in [-0.1, -0.05) is 0 Å². The van der Waals surface area contributed by atoms with Crippen LogP contribution < -0.4 is 16.8 Å². The molecule has 0 aromatic carbocycles. The van der Waals surface area contributed by atoms with E-state index in [4.69, 9.17) is 9.47 Å². The molecule has 0 amide bonds. The van der Waals surface area contributed by atoms with Gasteiger partial charge in [-0.05, 0) is 0 Å². The van der Waals surface area contributed by atoms with E-state index in [2.05, 4.69) is 36.9 Å². The van der Waals surface area contributed by atoms with Gasteiger partial charge in [0.1, 0.15) is 30.6 Å². The first-order valence-corrected chi connectivity index (χ1v) is 19.5. The Kier molecular flexibility index (Phi) is 11.1. The summed E-state index contributed by atoms with van der Waals surface area (Å²) < 4.78 is 82.2. The molecule has 0 aliphatic carbocycles. The van der Waals surface area contributed by atoms with Gasteiger partial charge in [0, 0.05) is 18.7 Å². The Morgan fingerprint density at radius 2 is 1.42 bits per heavy atom. The number of nitrogens with zero attached hydrogens (tertiary/aromatic N) is 4. The second-order valence-corrected chi connectivity index (χ2v) is 16.5. The second-order valence-electron chi connectivity index (χ2n) is 10.3. The number of ether oxygens (including phenoxy) is 2. The third-order valence-corrected chi connectivity index (χ3v) is 12.7. The zero-order chi connectivity index (χ0) is 36.8. The molecule has 5 rings (SSSR count). The van der Waals surface area contributed by atoms with Crippen molar-refractivity contribution in [2.75, 3.05) is 13.2 Å². The average Bonchev–Trinajstić information content (AvgIpc) is 3.65. The molecule has 50 heavy (non-hydrogen) atoms. The summed E-state index contributed by atoms with van der Waals surface area (Å²) in [6.45, 7) is -2.17. The Morgan fingerprint density at radius 3 is 2.04 bits per heavy atom. The van der Waals surface area contributed by atoms with Crippen LogP contribution in [0.3, 0.4) is 0 Å². The third-order valence-electron chi connectivity index (χ3n) is 6.77. The fourth-order valence-electron chi connectivity index (χ4n) is 4.64. The molecular weight excluding hydrogens is 772 g/mol. The van der Waals surface area contributed by atoms with E-state index in [1.165, 1.54) is 10.9 Å². The van der Waals surface area contributed by atoms with Crippen LogP contribution >= 0.6 is 31.3 Å². The van der Waals surface area contributed by atoms with Crippen LogP contribution in [0.15, 0.2) is 39.3 Å². The van der Waals surface area contributed by atoms with E-state index in [9.17, 15) is 67.5 Å². The van der Waals surface area contributed by atoms with Crippen molar-refractivity contribution < 1.29 is 84.6 Å². The van der Waals surface area contributed by atoms with E-state index in [-0.39, 0.29) is 17.6 Å². The Labute approximate surface area is 275 Å². The number of rotatable bonds is 14. The fourth-order valence-corrected chi connectivity index (χ4v) is 9.59. The molecule has 31 heteroatoms. The van der Waals surface area contributed by atoms with Gasteiger partial charge >= 0.3 is 37.0 Å². The summed E-state index contributed by atoms with van der Waals surface area (Å²) in [6, 6.07) is 0.881. The first-order valence-electron chi connectivity index (χ1n) is 13.5. The van der Waals surface area contributed by atoms with E-state index >= 15 is 0 Å². The number of aliphatic hydroxyl groups excluding tert-OH is 3. The molecule has 5 heterocycles. The molecule has 27 nitrogen and oxygen atoms in total. The molecular formula is C19H26N6O21P4. The van der Waals surface area contributed by atoms with Gasteiger partial charge in [0.05, 0.1) is 32.0 Å². The summed E-state index contributed by atoms with van der Waals surface area (Å²) in [4.78, 5) is 86.4. The molecule has 2 aliphatic rings. The van der Waals surface area contributed by atoms with Gasteiger partial charge in [-0.2, -0.15) is 12.9 Å². The molecule has 11 atom stereocenters. The number of nitrogens with one attached hydrogen (secondary N) is 2. The van der Waals surface area contributed by atoms with Crippen molar-refractivity contribution in [3.05, 3.63) is 56.1 Å². The molecule has 0 radical (unpaired) electrons. The van der Waals surface area contributed by atoms with Crippen molar-refractivity contribution in [1.29, 1.82) is 0 Å². The third kappa shape index (κ3) is 9.05. The highest BCUT2D eigenvalue weighted by Gasteiger charge is 2.49. The van der Waals surface area contributed by atoms with Crippen LogP contribution in [0, 0.1) is 0 Å². The molecule has 2 aliphatic heterocycles. The number of aliphatic hydroxyl groups is 3. The van der Waals surface area contributed by atoms with Gasteiger partial charge in [0.2, 0.25) is 0 Å². The van der Waals surface area contributed by atoms with Crippen LogP contribution in [0.2, 0.25) is 0 Å². The van der Waals surface area contributed by atoms with Crippen LogP contribution in [0.4, 0.5) is 0 Å². The molecule has 0 spiro atoms. The lowest BCUT2D eigenvalue weighted by molar-refractivity contribution is -0.0542. The molecule has 0 bridgehead atoms. The Morgan fingerprint density at radius 1 is 0.820 bits per heavy atom.